The first kappa shape index (κ1) is 18.9. The maximum absolute atomic E-state index is 9.33. The zero-order valence-electron chi connectivity index (χ0n) is 13.4. The zero-order valence-corrected chi connectivity index (χ0v) is 13.4. The van der Waals surface area contributed by atoms with Gasteiger partial charge in [0, 0.05) is 0 Å². The van der Waals surface area contributed by atoms with Gasteiger partial charge in [-0.15, -0.1) is 0 Å². The van der Waals surface area contributed by atoms with Crippen LogP contribution in [0.15, 0.2) is 0 Å². The number of hydrogen-bond donors (Lipinski definition) is 2. The average molecular weight is 272 g/mol. The first-order valence-electron chi connectivity index (χ1n) is 8.42. The van der Waals surface area contributed by atoms with E-state index in [4.69, 9.17) is 0 Å². The summed E-state index contributed by atoms with van der Waals surface area (Å²) in [5.41, 5.74) is 0. The predicted molar refractivity (Wildman–Crippen MR) is 83.3 cm³/mol. The maximum Gasteiger partial charge on any atom is 0.0512 e. The molecule has 2 atom stereocenters. The molecule has 2 heteroatoms. The molecular weight excluding hydrogens is 236 g/mol. The van der Waals surface area contributed by atoms with Gasteiger partial charge in [0.1, 0.15) is 0 Å². The van der Waals surface area contributed by atoms with Gasteiger partial charge in [0.15, 0.2) is 0 Å². The molecule has 0 aromatic rings. The molecule has 0 spiro atoms. The van der Waals surface area contributed by atoms with E-state index in [0.29, 0.717) is 0 Å². The van der Waals surface area contributed by atoms with Crippen molar-refractivity contribution in [1.29, 1.82) is 0 Å². The Balaban J connectivity index is 3.78. The summed E-state index contributed by atoms with van der Waals surface area (Å²) < 4.78 is 0. The quantitative estimate of drug-likeness (QED) is 0.478. The highest BCUT2D eigenvalue weighted by Crippen LogP contribution is 2.23. The summed E-state index contributed by atoms with van der Waals surface area (Å²) >= 11 is 0. The van der Waals surface area contributed by atoms with Gasteiger partial charge in [0.25, 0.3) is 0 Å². The molecular formula is C17H36O2. The molecule has 0 radical (unpaired) electrons. The number of aliphatic hydroxyl groups excluding tert-OH is 2. The minimum absolute atomic E-state index is 0.154. The smallest absolute Gasteiger partial charge is 0.0512 e. The van der Waals surface area contributed by atoms with Crippen LogP contribution < -0.4 is 0 Å². The number of unbranched alkanes of at least 4 members (excludes halogenated alkanes) is 3. The molecule has 0 aliphatic heterocycles. The van der Waals surface area contributed by atoms with Crippen LogP contribution in [0.25, 0.3) is 0 Å². The SMILES string of the molecule is CCCCCCC(CCCC(C)O)CCCC(C)O. The Morgan fingerprint density at radius 3 is 1.53 bits per heavy atom. The van der Waals surface area contributed by atoms with Crippen LogP contribution in [0.2, 0.25) is 0 Å². The molecule has 0 bridgehead atoms. The van der Waals surface area contributed by atoms with Crippen LogP contribution in [0, 0.1) is 5.92 Å². The van der Waals surface area contributed by atoms with Gasteiger partial charge in [-0.3, -0.25) is 0 Å². The monoisotopic (exact) mass is 272 g/mol. The normalized spacial score (nSPS) is 16.3. The summed E-state index contributed by atoms with van der Waals surface area (Å²) in [7, 11) is 0. The van der Waals surface area contributed by atoms with Gasteiger partial charge in [-0.25, -0.2) is 0 Å². The van der Waals surface area contributed by atoms with Crippen LogP contribution in [-0.2, 0) is 0 Å². The third-order valence-corrected chi connectivity index (χ3v) is 3.93. The van der Waals surface area contributed by atoms with E-state index in [2.05, 4.69) is 6.92 Å². The molecule has 0 saturated heterocycles. The van der Waals surface area contributed by atoms with E-state index in [1.54, 1.807) is 0 Å². The van der Waals surface area contributed by atoms with Crippen molar-refractivity contribution >= 4 is 0 Å². The second-order valence-corrected chi connectivity index (χ2v) is 6.28. The van der Waals surface area contributed by atoms with Gasteiger partial charge in [-0.05, 0) is 32.6 Å². The minimum atomic E-state index is -0.154. The fraction of sp³-hybridized carbons (Fsp3) is 1.00. The molecule has 0 rings (SSSR count). The van der Waals surface area contributed by atoms with Crippen molar-refractivity contribution in [3.05, 3.63) is 0 Å². The lowest BCUT2D eigenvalue weighted by Gasteiger charge is -2.17. The highest BCUT2D eigenvalue weighted by atomic mass is 16.3. The highest BCUT2D eigenvalue weighted by molar-refractivity contribution is 4.63. The molecule has 0 amide bonds. The Morgan fingerprint density at radius 2 is 1.11 bits per heavy atom. The lowest BCUT2D eigenvalue weighted by Crippen LogP contribution is -2.06. The van der Waals surface area contributed by atoms with E-state index in [1.807, 2.05) is 13.8 Å². The summed E-state index contributed by atoms with van der Waals surface area (Å²) in [5.74, 6) is 0.800. The Morgan fingerprint density at radius 1 is 0.632 bits per heavy atom. The molecule has 0 aromatic carbocycles. The fourth-order valence-corrected chi connectivity index (χ4v) is 2.70. The number of aliphatic hydroxyl groups is 2. The predicted octanol–water partition coefficient (Wildman–Crippen LogP) is 4.68. The fourth-order valence-electron chi connectivity index (χ4n) is 2.70. The summed E-state index contributed by atoms with van der Waals surface area (Å²) in [6, 6.07) is 0. The van der Waals surface area contributed by atoms with Crippen molar-refractivity contribution in [1.82, 2.24) is 0 Å². The summed E-state index contributed by atoms with van der Waals surface area (Å²) in [6.07, 6.45) is 13.0. The molecule has 2 N–H and O–H groups in total. The largest absolute Gasteiger partial charge is 0.393 e. The lowest BCUT2D eigenvalue weighted by molar-refractivity contribution is 0.171. The van der Waals surface area contributed by atoms with Crippen LogP contribution in [0.4, 0.5) is 0 Å². The number of rotatable bonds is 13. The summed E-state index contributed by atoms with van der Waals surface area (Å²) in [4.78, 5) is 0. The maximum atomic E-state index is 9.33. The first-order chi connectivity index (χ1) is 9.06. The second-order valence-electron chi connectivity index (χ2n) is 6.28. The van der Waals surface area contributed by atoms with E-state index in [9.17, 15) is 10.2 Å². The zero-order chi connectivity index (χ0) is 14.5. The minimum Gasteiger partial charge on any atom is -0.393 e. The van der Waals surface area contributed by atoms with Crippen molar-refractivity contribution < 1.29 is 10.2 Å². The molecule has 0 saturated carbocycles. The van der Waals surface area contributed by atoms with E-state index < -0.39 is 0 Å². The van der Waals surface area contributed by atoms with Gasteiger partial charge < -0.3 is 10.2 Å². The van der Waals surface area contributed by atoms with Crippen LogP contribution >= 0.6 is 0 Å². The van der Waals surface area contributed by atoms with E-state index in [1.165, 1.54) is 44.9 Å². The van der Waals surface area contributed by atoms with Crippen molar-refractivity contribution in [3.63, 3.8) is 0 Å². The van der Waals surface area contributed by atoms with Gasteiger partial charge in [-0.2, -0.15) is 0 Å². The Kier molecular flexibility index (Phi) is 12.9. The van der Waals surface area contributed by atoms with Gasteiger partial charge in [0.2, 0.25) is 0 Å². The third-order valence-electron chi connectivity index (χ3n) is 3.93. The highest BCUT2D eigenvalue weighted by Gasteiger charge is 2.10. The van der Waals surface area contributed by atoms with E-state index >= 15 is 0 Å². The standard InChI is InChI=1S/C17H36O2/c1-4-5-6-7-12-17(13-8-10-15(2)18)14-9-11-16(3)19/h15-19H,4-14H2,1-3H3. The molecule has 2 nitrogen and oxygen atoms in total. The van der Waals surface area contributed by atoms with Crippen molar-refractivity contribution in [2.75, 3.05) is 0 Å². The molecule has 0 heterocycles. The van der Waals surface area contributed by atoms with Gasteiger partial charge >= 0.3 is 0 Å². The molecule has 0 aliphatic carbocycles. The number of hydrogen-bond acceptors (Lipinski definition) is 2. The van der Waals surface area contributed by atoms with Crippen molar-refractivity contribution in [2.24, 2.45) is 5.92 Å². The molecule has 2 unspecified atom stereocenters. The van der Waals surface area contributed by atoms with Gasteiger partial charge in [-0.1, -0.05) is 64.7 Å². The summed E-state index contributed by atoms with van der Waals surface area (Å²) in [5, 5.41) is 18.7. The van der Waals surface area contributed by atoms with E-state index in [0.717, 1.165) is 31.6 Å². The molecule has 116 valence electrons. The lowest BCUT2D eigenvalue weighted by atomic mass is 9.89. The second kappa shape index (κ2) is 12.9. The van der Waals surface area contributed by atoms with Crippen LogP contribution in [0.3, 0.4) is 0 Å². The van der Waals surface area contributed by atoms with Crippen LogP contribution in [-0.4, -0.2) is 22.4 Å². The third kappa shape index (κ3) is 14.1. The van der Waals surface area contributed by atoms with Crippen LogP contribution in [0.1, 0.15) is 91.4 Å². The Bertz CT molecular complexity index is 164. The van der Waals surface area contributed by atoms with Crippen molar-refractivity contribution in [3.8, 4) is 0 Å². The van der Waals surface area contributed by atoms with Crippen LogP contribution in [0.5, 0.6) is 0 Å². The molecule has 0 fully saturated rings. The van der Waals surface area contributed by atoms with Gasteiger partial charge in [0.05, 0.1) is 12.2 Å². The topological polar surface area (TPSA) is 40.5 Å². The molecule has 19 heavy (non-hydrogen) atoms. The molecule has 0 aliphatic rings. The van der Waals surface area contributed by atoms with Crippen molar-refractivity contribution in [2.45, 2.75) is 104 Å². The average Bonchev–Trinajstić information content (AvgIpc) is 2.33. The summed E-state index contributed by atoms with van der Waals surface area (Å²) in [6.45, 7) is 6.01. The van der Waals surface area contributed by atoms with E-state index in [-0.39, 0.29) is 12.2 Å². The Hall–Kier alpha value is -0.0800. The first-order valence-corrected chi connectivity index (χ1v) is 8.42. The Labute approximate surface area is 120 Å². The molecule has 0 aromatic heterocycles.